The van der Waals surface area contributed by atoms with Crippen LogP contribution in [0.15, 0.2) is 35.1 Å². The number of fused-ring (bicyclic) bond motifs is 3. The van der Waals surface area contributed by atoms with Crippen LogP contribution in [0.3, 0.4) is 0 Å². The summed E-state index contributed by atoms with van der Waals surface area (Å²) in [5.41, 5.74) is 1.91. The summed E-state index contributed by atoms with van der Waals surface area (Å²) < 4.78 is 3.63. The molecule has 0 saturated carbocycles. The fraction of sp³-hybridized carbons (Fsp3) is 0.476. The number of anilines is 1. The molecule has 0 aromatic heterocycles. The van der Waals surface area contributed by atoms with Gasteiger partial charge in [-0.25, -0.2) is 14.8 Å². The molecule has 6 nitrogen and oxygen atoms in total. The van der Waals surface area contributed by atoms with E-state index in [2.05, 4.69) is 57.3 Å². The van der Waals surface area contributed by atoms with Crippen LogP contribution in [-0.4, -0.2) is 25.1 Å². The van der Waals surface area contributed by atoms with Gasteiger partial charge in [-0.05, 0) is 18.4 Å². The molecule has 150 valence electrons. The van der Waals surface area contributed by atoms with Gasteiger partial charge in [-0.3, -0.25) is 9.13 Å². The zero-order chi connectivity index (χ0) is 19.2. The molecular weight excluding hydrogens is 374 g/mol. The SMILES string of the molecule is CCCn1c2nc(C(C)(C)C)nc-2c2n(c1=O)C[C@@H](Cc1ccccc1)N2.Cl. The van der Waals surface area contributed by atoms with Crippen LogP contribution in [0.2, 0.25) is 0 Å². The van der Waals surface area contributed by atoms with Gasteiger partial charge in [0, 0.05) is 24.5 Å². The molecule has 4 rings (SSSR count). The van der Waals surface area contributed by atoms with Crippen molar-refractivity contribution < 1.29 is 0 Å². The van der Waals surface area contributed by atoms with Gasteiger partial charge in [0.05, 0.1) is 0 Å². The second-order valence-electron chi connectivity index (χ2n) is 8.39. The predicted molar refractivity (Wildman–Crippen MR) is 115 cm³/mol. The quantitative estimate of drug-likeness (QED) is 0.723. The van der Waals surface area contributed by atoms with E-state index in [1.807, 2.05) is 10.6 Å². The lowest BCUT2D eigenvalue weighted by molar-refractivity contribution is 0.547. The lowest BCUT2D eigenvalue weighted by Crippen LogP contribution is -2.32. The van der Waals surface area contributed by atoms with E-state index < -0.39 is 0 Å². The molecule has 1 aromatic carbocycles. The molecule has 0 radical (unpaired) electrons. The van der Waals surface area contributed by atoms with Gasteiger partial charge in [0.15, 0.2) is 5.82 Å². The number of nitrogens with one attached hydrogen (secondary N) is 1. The van der Waals surface area contributed by atoms with E-state index in [4.69, 9.17) is 9.97 Å². The minimum atomic E-state index is -0.161. The third kappa shape index (κ3) is 3.53. The van der Waals surface area contributed by atoms with Crippen molar-refractivity contribution in [2.75, 3.05) is 5.32 Å². The van der Waals surface area contributed by atoms with Crippen molar-refractivity contribution in [1.29, 1.82) is 0 Å². The molecule has 28 heavy (non-hydrogen) atoms. The Morgan fingerprint density at radius 2 is 1.89 bits per heavy atom. The number of rotatable bonds is 4. The van der Waals surface area contributed by atoms with Crippen LogP contribution in [-0.2, 0) is 24.9 Å². The number of hydrogen-bond acceptors (Lipinski definition) is 4. The lowest BCUT2D eigenvalue weighted by atomic mass is 9.96. The number of halogens is 1. The first-order chi connectivity index (χ1) is 12.9. The minimum absolute atomic E-state index is 0. The first kappa shape index (κ1) is 20.4. The average Bonchev–Trinajstić information content (AvgIpc) is 3.23. The highest BCUT2D eigenvalue weighted by Crippen LogP contribution is 2.33. The summed E-state index contributed by atoms with van der Waals surface area (Å²) in [6.07, 6.45) is 1.75. The van der Waals surface area contributed by atoms with Gasteiger partial charge in [0.1, 0.15) is 17.3 Å². The molecule has 7 heteroatoms. The third-order valence-electron chi connectivity index (χ3n) is 5.04. The van der Waals surface area contributed by atoms with Gasteiger partial charge < -0.3 is 5.32 Å². The number of aromatic nitrogens is 4. The summed E-state index contributed by atoms with van der Waals surface area (Å²) in [4.78, 5) is 22.7. The Labute approximate surface area is 171 Å². The standard InChI is InChI=1S/C21H27N5O.ClH/c1-5-11-25-18-16(23-19(24-18)21(2,3)4)17-22-15(13-26(17)20(25)27)12-14-9-7-6-8-10-14;/h6-10,15,22H,5,11-13H2,1-4H3;1H/t15-;/m1./s1. The Balaban J connectivity index is 0.00000225. The highest BCUT2D eigenvalue weighted by molar-refractivity contribution is 5.85. The largest absolute Gasteiger partial charge is 0.365 e. The molecule has 0 fully saturated rings. The van der Waals surface area contributed by atoms with Crippen LogP contribution in [0.5, 0.6) is 0 Å². The Morgan fingerprint density at radius 3 is 2.54 bits per heavy atom. The average molecular weight is 402 g/mol. The van der Waals surface area contributed by atoms with Crippen molar-refractivity contribution in [2.45, 2.75) is 65.1 Å². The molecule has 1 N–H and O–H groups in total. The fourth-order valence-electron chi connectivity index (χ4n) is 3.69. The molecule has 0 aliphatic carbocycles. The summed E-state index contributed by atoms with van der Waals surface area (Å²) in [7, 11) is 0. The Bertz CT molecular complexity index is 987. The predicted octanol–water partition coefficient (Wildman–Crippen LogP) is 3.71. The number of imidazole rings is 1. The summed E-state index contributed by atoms with van der Waals surface area (Å²) >= 11 is 0. The first-order valence-corrected chi connectivity index (χ1v) is 9.70. The van der Waals surface area contributed by atoms with Gasteiger partial charge in [0.2, 0.25) is 0 Å². The van der Waals surface area contributed by atoms with Crippen LogP contribution in [0.1, 0.15) is 45.5 Å². The molecule has 0 bridgehead atoms. The molecule has 1 atom stereocenters. The van der Waals surface area contributed by atoms with Gasteiger partial charge in [-0.1, -0.05) is 58.0 Å². The van der Waals surface area contributed by atoms with Crippen molar-refractivity contribution in [3.05, 3.63) is 52.2 Å². The van der Waals surface area contributed by atoms with Gasteiger partial charge in [0.25, 0.3) is 0 Å². The number of nitrogens with zero attached hydrogens (tertiary/aromatic N) is 4. The van der Waals surface area contributed by atoms with Crippen molar-refractivity contribution in [2.24, 2.45) is 0 Å². The maximum absolute atomic E-state index is 13.1. The van der Waals surface area contributed by atoms with Crippen molar-refractivity contribution >= 4 is 18.2 Å². The zero-order valence-electron chi connectivity index (χ0n) is 16.9. The fourth-order valence-corrected chi connectivity index (χ4v) is 3.69. The third-order valence-corrected chi connectivity index (χ3v) is 5.04. The van der Waals surface area contributed by atoms with Crippen LogP contribution in [0.25, 0.3) is 11.5 Å². The summed E-state index contributed by atoms with van der Waals surface area (Å²) in [6.45, 7) is 9.68. The molecule has 0 unspecified atom stereocenters. The monoisotopic (exact) mass is 401 g/mol. The summed E-state index contributed by atoms with van der Waals surface area (Å²) in [5.74, 6) is 2.29. The van der Waals surface area contributed by atoms with E-state index in [9.17, 15) is 4.79 Å². The Hall–Kier alpha value is -2.34. The number of hydrogen-bond donors (Lipinski definition) is 1. The molecule has 3 aliphatic heterocycles. The number of benzene rings is 1. The molecule has 0 amide bonds. The maximum atomic E-state index is 13.1. The van der Waals surface area contributed by atoms with Gasteiger partial charge in [-0.2, -0.15) is 0 Å². The molecule has 3 heterocycles. The molecule has 1 aromatic rings. The summed E-state index contributed by atoms with van der Waals surface area (Å²) in [6, 6.07) is 10.6. The maximum Gasteiger partial charge on any atom is 0.331 e. The highest BCUT2D eigenvalue weighted by atomic mass is 35.5. The van der Waals surface area contributed by atoms with Crippen molar-refractivity contribution in [3.63, 3.8) is 0 Å². The summed E-state index contributed by atoms with van der Waals surface area (Å²) in [5, 5.41) is 3.55. The second kappa shape index (κ2) is 7.59. The lowest BCUT2D eigenvalue weighted by Gasteiger charge is -2.13. The van der Waals surface area contributed by atoms with E-state index in [0.29, 0.717) is 18.9 Å². The Morgan fingerprint density at radius 1 is 1.18 bits per heavy atom. The van der Waals surface area contributed by atoms with Crippen LogP contribution < -0.4 is 11.0 Å². The van der Waals surface area contributed by atoms with E-state index >= 15 is 0 Å². The van der Waals surface area contributed by atoms with E-state index in [1.54, 1.807) is 4.57 Å². The van der Waals surface area contributed by atoms with Crippen molar-refractivity contribution in [1.82, 2.24) is 19.1 Å². The van der Waals surface area contributed by atoms with E-state index in [0.717, 1.165) is 30.2 Å². The molecule has 0 saturated heterocycles. The molecule has 3 aliphatic rings. The van der Waals surface area contributed by atoms with Crippen molar-refractivity contribution in [3.8, 4) is 11.5 Å². The minimum Gasteiger partial charge on any atom is -0.365 e. The Kier molecular flexibility index (Phi) is 5.53. The normalized spacial score (nSPS) is 15.9. The first-order valence-electron chi connectivity index (χ1n) is 9.70. The van der Waals surface area contributed by atoms with E-state index in [-0.39, 0.29) is 29.6 Å². The molecule has 0 spiro atoms. The zero-order valence-corrected chi connectivity index (χ0v) is 17.7. The topological polar surface area (TPSA) is 64.7 Å². The van der Waals surface area contributed by atoms with Crippen LogP contribution in [0, 0.1) is 0 Å². The van der Waals surface area contributed by atoms with Gasteiger partial charge >= 0.3 is 5.69 Å². The smallest absolute Gasteiger partial charge is 0.331 e. The van der Waals surface area contributed by atoms with E-state index in [1.165, 1.54) is 5.56 Å². The molecular formula is C21H28ClN5O. The van der Waals surface area contributed by atoms with Crippen LogP contribution in [0.4, 0.5) is 5.82 Å². The van der Waals surface area contributed by atoms with Gasteiger partial charge in [-0.15, -0.1) is 12.4 Å². The highest BCUT2D eigenvalue weighted by Gasteiger charge is 2.33. The second-order valence-corrected chi connectivity index (χ2v) is 8.39. The van der Waals surface area contributed by atoms with Crippen LogP contribution >= 0.6 is 12.4 Å².